The van der Waals surface area contributed by atoms with Gasteiger partial charge < -0.3 is 5.32 Å². The lowest BCUT2D eigenvalue weighted by Crippen LogP contribution is -2.62. The van der Waals surface area contributed by atoms with E-state index in [9.17, 15) is 0 Å². The molecule has 1 aromatic rings. The molecule has 2 fully saturated rings. The van der Waals surface area contributed by atoms with Crippen LogP contribution >= 0.6 is 15.9 Å². The van der Waals surface area contributed by atoms with E-state index in [0.717, 1.165) is 37.8 Å². The number of nitrogens with one attached hydrogen (secondary N) is 1. The Hall–Kier alpha value is -0.390. The fourth-order valence-electron chi connectivity index (χ4n) is 3.34. The molecule has 1 aromatic heterocycles. The third-order valence-electron chi connectivity index (χ3n) is 5.05. The van der Waals surface area contributed by atoms with Crippen molar-refractivity contribution in [2.75, 3.05) is 13.1 Å². The third kappa shape index (κ3) is 3.06. The molecule has 5 heteroatoms. The SMILES string of the molecule is CCn1nc(C)c(Br)c1CN1CC(C2CC2)NCC1(C)C. The average molecular weight is 355 g/mol. The first-order valence-corrected chi connectivity index (χ1v) is 8.92. The van der Waals surface area contributed by atoms with Gasteiger partial charge in [-0.2, -0.15) is 5.10 Å². The number of aromatic nitrogens is 2. The Morgan fingerprint density at radius 2 is 2.10 bits per heavy atom. The minimum atomic E-state index is 0.196. The van der Waals surface area contributed by atoms with E-state index in [0.29, 0.717) is 6.04 Å². The molecule has 1 atom stereocenters. The molecule has 1 N–H and O–H groups in total. The summed E-state index contributed by atoms with van der Waals surface area (Å²) in [6.45, 7) is 13.1. The molecule has 1 saturated carbocycles. The zero-order valence-electron chi connectivity index (χ0n) is 13.6. The normalized spacial score (nSPS) is 26.2. The first-order chi connectivity index (χ1) is 9.92. The summed E-state index contributed by atoms with van der Waals surface area (Å²) in [5.41, 5.74) is 2.61. The monoisotopic (exact) mass is 354 g/mol. The zero-order chi connectivity index (χ0) is 15.2. The lowest BCUT2D eigenvalue weighted by molar-refractivity contribution is 0.0508. The number of aryl methyl sites for hydroxylation is 2. The van der Waals surface area contributed by atoms with Gasteiger partial charge in [0.05, 0.1) is 15.9 Å². The fraction of sp³-hybridized carbons (Fsp3) is 0.812. The second-order valence-electron chi connectivity index (χ2n) is 7.18. The van der Waals surface area contributed by atoms with Crippen molar-refractivity contribution < 1.29 is 0 Å². The van der Waals surface area contributed by atoms with Crippen LogP contribution in [-0.2, 0) is 13.1 Å². The van der Waals surface area contributed by atoms with Crippen LogP contribution in [0.3, 0.4) is 0 Å². The largest absolute Gasteiger partial charge is 0.311 e. The van der Waals surface area contributed by atoms with Gasteiger partial charge in [0.1, 0.15) is 0 Å². The summed E-state index contributed by atoms with van der Waals surface area (Å²) in [4.78, 5) is 2.64. The van der Waals surface area contributed by atoms with Crippen LogP contribution in [0.15, 0.2) is 4.47 Å². The number of hydrogen-bond donors (Lipinski definition) is 1. The van der Waals surface area contributed by atoms with Gasteiger partial charge in [0.2, 0.25) is 0 Å². The van der Waals surface area contributed by atoms with Crippen LogP contribution in [0.4, 0.5) is 0 Å². The van der Waals surface area contributed by atoms with Crippen molar-refractivity contribution >= 4 is 15.9 Å². The summed E-state index contributed by atoms with van der Waals surface area (Å²) in [7, 11) is 0. The lowest BCUT2D eigenvalue weighted by Gasteiger charge is -2.46. The molecule has 118 valence electrons. The summed E-state index contributed by atoms with van der Waals surface area (Å²) >= 11 is 3.74. The van der Waals surface area contributed by atoms with Crippen molar-refractivity contribution in [1.82, 2.24) is 20.0 Å². The van der Waals surface area contributed by atoms with Crippen LogP contribution in [0.1, 0.15) is 45.0 Å². The third-order valence-corrected chi connectivity index (χ3v) is 6.09. The average Bonchev–Trinajstić information content (AvgIpc) is 3.23. The molecule has 4 nitrogen and oxygen atoms in total. The summed E-state index contributed by atoms with van der Waals surface area (Å²) in [6, 6.07) is 0.677. The van der Waals surface area contributed by atoms with E-state index in [4.69, 9.17) is 0 Å². The number of halogens is 1. The van der Waals surface area contributed by atoms with Gasteiger partial charge in [-0.05, 0) is 62.4 Å². The molecule has 2 aliphatic rings. The Morgan fingerprint density at radius 1 is 1.38 bits per heavy atom. The summed E-state index contributed by atoms with van der Waals surface area (Å²) in [5.74, 6) is 0.907. The van der Waals surface area contributed by atoms with Crippen molar-refractivity contribution in [3.8, 4) is 0 Å². The van der Waals surface area contributed by atoms with Gasteiger partial charge in [-0.3, -0.25) is 9.58 Å². The maximum absolute atomic E-state index is 4.64. The van der Waals surface area contributed by atoms with E-state index in [-0.39, 0.29) is 5.54 Å². The molecule has 1 aliphatic heterocycles. The Bertz CT molecular complexity index is 519. The van der Waals surface area contributed by atoms with Gasteiger partial charge in [-0.25, -0.2) is 0 Å². The zero-order valence-corrected chi connectivity index (χ0v) is 15.2. The molecule has 3 rings (SSSR count). The number of piperazine rings is 1. The minimum absolute atomic E-state index is 0.196. The number of rotatable bonds is 4. The van der Waals surface area contributed by atoms with Crippen LogP contribution in [0.25, 0.3) is 0 Å². The van der Waals surface area contributed by atoms with E-state index in [1.54, 1.807) is 0 Å². The highest BCUT2D eigenvalue weighted by molar-refractivity contribution is 9.10. The lowest BCUT2D eigenvalue weighted by atomic mass is 9.95. The molecule has 21 heavy (non-hydrogen) atoms. The molecule has 0 amide bonds. The van der Waals surface area contributed by atoms with Crippen LogP contribution < -0.4 is 5.32 Å². The Kier molecular flexibility index (Phi) is 4.19. The van der Waals surface area contributed by atoms with Crippen LogP contribution in [-0.4, -0.2) is 39.4 Å². The Morgan fingerprint density at radius 3 is 2.71 bits per heavy atom. The predicted molar refractivity (Wildman–Crippen MR) is 89.3 cm³/mol. The second-order valence-corrected chi connectivity index (χ2v) is 7.97. The van der Waals surface area contributed by atoms with Crippen LogP contribution in [0.5, 0.6) is 0 Å². The van der Waals surface area contributed by atoms with Crippen molar-refractivity contribution in [2.45, 2.75) is 65.2 Å². The van der Waals surface area contributed by atoms with Crippen LogP contribution in [0.2, 0.25) is 0 Å². The van der Waals surface area contributed by atoms with Gasteiger partial charge in [0.25, 0.3) is 0 Å². The minimum Gasteiger partial charge on any atom is -0.311 e. The highest BCUT2D eigenvalue weighted by Gasteiger charge is 2.40. The quantitative estimate of drug-likeness (QED) is 0.902. The highest BCUT2D eigenvalue weighted by Crippen LogP contribution is 2.36. The van der Waals surface area contributed by atoms with Gasteiger partial charge in [-0.1, -0.05) is 0 Å². The molecular formula is C16H27BrN4. The smallest absolute Gasteiger partial charge is 0.0739 e. The molecule has 1 unspecified atom stereocenters. The van der Waals surface area contributed by atoms with Gasteiger partial charge in [0, 0.05) is 37.8 Å². The predicted octanol–water partition coefficient (Wildman–Crippen LogP) is 2.94. The molecule has 0 aromatic carbocycles. The van der Waals surface area contributed by atoms with Gasteiger partial charge in [-0.15, -0.1) is 0 Å². The van der Waals surface area contributed by atoms with Gasteiger partial charge >= 0.3 is 0 Å². The molecule has 1 saturated heterocycles. The first-order valence-electron chi connectivity index (χ1n) is 8.12. The molecule has 0 spiro atoms. The summed E-state index contributed by atoms with van der Waals surface area (Å²) < 4.78 is 3.32. The number of hydrogen-bond acceptors (Lipinski definition) is 3. The van der Waals surface area contributed by atoms with Crippen molar-refractivity contribution in [1.29, 1.82) is 0 Å². The van der Waals surface area contributed by atoms with Gasteiger partial charge in [0.15, 0.2) is 0 Å². The van der Waals surface area contributed by atoms with E-state index >= 15 is 0 Å². The fourth-order valence-corrected chi connectivity index (χ4v) is 3.74. The maximum Gasteiger partial charge on any atom is 0.0739 e. The maximum atomic E-state index is 4.64. The first kappa shape index (κ1) is 15.5. The van der Waals surface area contributed by atoms with E-state index in [2.05, 4.69) is 63.6 Å². The summed E-state index contributed by atoms with van der Waals surface area (Å²) in [6.07, 6.45) is 2.81. The molecule has 0 bridgehead atoms. The van der Waals surface area contributed by atoms with E-state index in [1.807, 2.05) is 0 Å². The highest BCUT2D eigenvalue weighted by atomic mass is 79.9. The Balaban J connectivity index is 1.80. The number of nitrogens with zero attached hydrogens (tertiary/aromatic N) is 3. The van der Waals surface area contributed by atoms with Crippen molar-refractivity contribution in [3.05, 3.63) is 15.9 Å². The van der Waals surface area contributed by atoms with Crippen molar-refractivity contribution in [2.24, 2.45) is 5.92 Å². The van der Waals surface area contributed by atoms with E-state index in [1.165, 1.54) is 23.0 Å². The second kappa shape index (κ2) is 5.67. The van der Waals surface area contributed by atoms with Crippen LogP contribution in [0, 0.1) is 12.8 Å². The molecule has 1 aliphatic carbocycles. The Labute approximate surface area is 136 Å². The standard InChI is InChI=1S/C16H27BrN4/c1-5-21-14(15(17)11(2)19-21)9-20-8-13(12-6-7-12)18-10-16(20,3)4/h12-13,18H,5-10H2,1-4H3. The topological polar surface area (TPSA) is 33.1 Å². The van der Waals surface area contributed by atoms with Crippen molar-refractivity contribution in [3.63, 3.8) is 0 Å². The molecular weight excluding hydrogens is 328 g/mol. The molecule has 0 radical (unpaired) electrons. The summed E-state index contributed by atoms with van der Waals surface area (Å²) in [5, 5.41) is 8.40. The molecule has 2 heterocycles. The van der Waals surface area contributed by atoms with E-state index < -0.39 is 0 Å².